The summed E-state index contributed by atoms with van der Waals surface area (Å²) in [6.45, 7) is 1.33. The van der Waals surface area contributed by atoms with Gasteiger partial charge in [-0.3, -0.25) is 0 Å². The van der Waals surface area contributed by atoms with Crippen LogP contribution in [0.15, 0.2) is 36.7 Å². The Hall–Kier alpha value is -2.42. The molecule has 0 amide bonds. The molecule has 5 nitrogen and oxygen atoms in total. The van der Waals surface area contributed by atoms with Gasteiger partial charge in [0.25, 0.3) is 0 Å². The topological polar surface area (TPSA) is 62.7 Å². The maximum atomic E-state index is 12.7. The second-order valence-electron chi connectivity index (χ2n) is 4.98. The molecular formula is C15H14F3N5S. The third kappa shape index (κ3) is 4.10. The summed E-state index contributed by atoms with van der Waals surface area (Å²) in [4.78, 5) is 12.3. The highest BCUT2D eigenvalue weighted by Gasteiger charge is 2.30. The molecule has 0 fully saturated rings. The molecule has 1 aromatic carbocycles. The Morgan fingerprint density at radius 3 is 2.54 bits per heavy atom. The van der Waals surface area contributed by atoms with Crippen LogP contribution in [0.3, 0.4) is 0 Å². The highest BCUT2D eigenvalue weighted by molar-refractivity contribution is 7.22. The van der Waals surface area contributed by atoms with Gasteiger partial charge in [-0.05, 0) is 30.7 Å². The van der Waals surface area contributed by atoms with Crippen molar-refractivity contribution in [3.05, 3.63) is 42.2 Å². The fourth-order valence-corrected chi connectivity index (χ4v) is 2.93. The number of nitrogens with one attached hydrogen (secondary N) is 2. The van der Waals surface area contributed by atoms with Crippen LogP contribution in [-0.2, 0) is 6.18 Å². The molecular weight excluding hydrogens is 339 g/mol. The third-order valence-corrected chi connectivity index (χ3v) is 4.19. The molecule has 0 radical (unpaired) electrons. The maximum Gasteiger partial charge on any atom is 0.416 e. The fourth-order valence-electron chi connectivity index (χ4n) is 2.05. The van der Waals surface area contributed by atoms with Gasteiger partial charge in [0.05, 0.1) is 15.8 Å². The van der Waals surface area contributed by atoms with Crippen molar-refractivity contribution >= 4 is 32.6 Å². The molecule has 2 N–H and O–H groups in total. The monoisotopic (exact) mass is 353 g/mol. The quantitative estimate of drug-likeness (QED) is 0.656. The minimum atomic E-state index is -4.35. The lowest BCUT2D eigenvalue weighted by atomic mass is 10.2. The first-order chi connectivity index (χ1) is 11.5. The minimum absolute atomic E-state index is 0.355. The van der Waals surface area contributed by atoms with E-state index in [1.54, 1.807) is 18.5 Å². The van der Waals surface area contributed by atoms with Gasteiger partial charge in [-0.1, -0.05) is 11.3 Å². The molecule has 2 aromatic heterocycles. The molecule has 0 aliphatic carbocycles. The maximum absolute atomic E-state index is 12.7. The molecule has 3 aromatic rings. The summed E-state index contributed by atoms with van der Waals surface area (Å²) in [7, 11) is 0. The first kappa shape index (κ1) is 16.4. The van der Waals surface area contributed by atoms with E-state index in [1.165, 1.54) is 17.4 Å². The second-order valence-corrected chi connectivity index (χ2v) is 6.01. The molecule has 2 heterocycles. The molecule has 0 bridgehead atoms. The van der Waals surface area contributed by atoms with Crippen molar-refractivity contribution in [3.8, 4) is 0 Å². The molecule has 0 saturated carbocycles. The van der Waals surface area contributed by atoms with Gasteiger partial charge in [0.15, 0.2) is 5.13 Å². The normalized spacial score (nSPS) is 11.6. The first-order valence-corrected chi connectivity index (χ1v) is 8.06. The van der Waals surface area contributed by atoms with Crippen LogP contribution in [0.2, 0.25) is 0 Å². The summed E-state index contributed by atoms with van der Waals surface area (Å²) in [5.41, 5.74) is -0.327. The number of anilines is 2. The lowest BCUT2D eigenvalue weighted by Crippen LogP contribution is -2.10. The molecule has 0 saturated heterocycles. The lowest BCUT2D eigenvalue weighted by Gasteiger charge is -2.05. The Kier molecular flexibility index (Phi) is 4.79. The number of thiazole rings is 1. The predicted molar refractivity (Wildman–Crippen MR) is 88.3 cm³/mol. The Labute approximate surface area is 140 Å². The average Bonchev–Trinajstić information content (AvgIpc) is 2.96. The van der Waals surface area contributed by atoms with Gasteiger partial charge in [-0.2, -0.15) is 13.2 Å². The zero-order valence-corrected chi connectivity index (χ0v) is 13.3. The van der Waals surface area contributed by atoms with E-state index in [9.17, 15) is 13.2 Å². The zero-order valence-electron chi connectivity index (χ0n) is 12.5. The van der Waals surface area contributed by atoms with Crippen molar-refractivity contribution in [2.45, 2.75) is 12.6 Å². The molecule has 0 aliphatic heterocycles. The van der Waals surface area contributed by atoms with Crippen LogP contribution in [0.4, 0.5) is 24.3 Å². The fraction of sp³-hybridized carbons (Fsp3) is 0.267. The van der Waals surface area contributed by atoms with E-state index < -0.39 is 11.7 Å². The van der Waals surface area contributed by atoms with Gasteiger partial charge in [0.2, 0.25) is 5.95 Å². The number of rotatable bonds is 6. The molecule has 126 valence electrons. The van der Waals surface area contributed by atoms with Crippen molar-refractivity contribution in [1.82, 2.24) is 15.0 Å². The van der Waals surface area contributed by atoms with Gasteiger partial charge < -0.3 is 10.6 Å². The number of hydrogen-bond donors (Lipinski definition) is 2. The van der Waals surface area contributed by atoms with Crippen molar-refractivity contribution in [1.29, 1.82) is 0 Å². The van der Waals surface area contributed by atoms with E-state index in [-0.39, 0.29) is 0 Å². The summed E-state index contributed by atoms with van der Waals surface area (Å²) in [5, 5.41) is 6.81. The van der Waals surface area contributed by atoms with Gasteiger partial charge in [-0.25, -0.2) is 15.0 Å². The van der Waals surface area contributed by atoms with Crippen LogP contribution in [0.25, 0.3) is 10.2 Å². The average molecular weight is 353 g/mol. The number of fused-ring (bicyclic) bond motifs is 1. The van der Waals surface area contributed by atoms with E-state index in [1.807, 2.05) is 0 Å². The van der Waals surface area contributed by atoms with Crippen LogP contribution in [0.1, 0.15) is 12.0 Å². The highest BCUT2D eigenvalue weighted by atomic mass is 32.1. The number of halogens is 3. The molecule has 0 aliphatic rings. The number of nitrogens with zero attached hydrogens (tertiary/aromatic N) is 3. The minimum Gasteiger partial charge on any atom is -0.361 e. The Bertz CT molecular complexity index is 804. The Morgan fingerprint density at radius 2 is 1.79 bits per heavy atom. The standard InChI is InChI=1S/C15H14F3N5S/c16-15(17,18)10-3-4-12-11(9-10)23-14(24-12)22-8-2-7-21-13-19-5-1-6-20-13/h1,3-6,9H,2,7-8H2,(H,22,23)(H,19,20,21). The van der Waals surface area contributed by atoms with Crippen molar-refractivity contribution in [2.75, 3.05) is 23.7 Å². The summed E-state index contributed by atoms with van der Waals surface area (Å²) in [6, 6.07) is 5.35. The van der Waals surface area contributed by atoms with Crippen LogP contribution in [0.5, 0.6) is 0 Å². The molecule has 0 unspecified atom stereocenters. The summed E-state index contributed by atoms with van der Waals surface area (Å²) < 4.78 is 38.8. The SMILES string of the molecule is FC(F)(F)c1ccc2sc(NCCCNc3ncccn3)nc2c1. The number of benzene rings is 1. The number of alkyl halides is 3. The van der Waals surface area contributed by atoms with E-state index in [0.717, 1.165) is 23.3 Å². The predicted octanol–water partition coefficient (Wildman–Crippen LogP) is 4.02. The Balaban J connectivity index is 1.52. The van der Waals surface area contributed by atoms with Gasteiger partial charge in [0, 0.05) is 25.5 Å². The third-order valence-electron chi connectivity index (χ3n) is 3.19. The molecule has 3 rings (SSSR count). The van der Waals surface area contributed by atoms with Crippen molar-refractivity contribution in [3.63, 3.8) is 0 Å². The Morgan fingerprint density at radius 1 is 1.04 bits per heavy atom. The summed E-state index contributed by atoms with van der Waals surface area (Å²) in [5.74, 6) is 0.567. The second kappa shape index (κ2) is 7.00. The number of aromatic nitrogens is 3. The molecule has 9 heteroatoms. The van der Waals surface area contributed by atoms with Gasteiger partial charge in [-0.15, -0.1) is 0 Å². The highest BCUT2D eigenvalue weighted by Crippen LogP contribution is 2.33. The van der Waals surface area contributed by atoms with Crippen LogP contribution in [-0.4, -0.2) is 28.0 Å². The van der Waals surface area contributed by atoms with Crippen LogP contribution in [0, 0.1) is 0 Å². The van der Waals surface area contributed by atoms with Crippen molar-refractivity contribution in [2.24, 2.45) is 0 Å². The van der Waals surface area contributed by atoms with E-state index in [2.05, 4.69) is 25.6 Å². The van der Waals surface area contributed by atoms with Gasteiger partial charge >= 0.3 is 6.18 Å². The van der Waals surface area contributed by atoms with E-state index in [4.69, 9.17) is 0 Å². The van der Waals surface area contributed by atoms with Gasteiger partial charge in [0.1, 0.15) is 0 Å². The summed E-state index contributed by atoms with van der Waals surface area (Å²) in [6.07, 6.45) is -0.244. The molecule has 0 spiro atoms. The van der Waals surface area contributed by atoms with E-state index in [0.29, 0.717) is 29.7 Å². The largest absolute Gasteiger partial charge is 0.416 e. The summed E-state index contributed by atoms with van der Waals surface area (Å²) >= 11 is 1.34. The van der Waals surface area contributed by atoms with Crippen LogP contribution < -0.4 is 10.6 Å². The lowest BCUT2D eigenvalue weighted by molar-refractivity contribution is -0.137. The zero-order chi connectivity index (χ0) is 17.0. The van der Waals surface area contributed by atoms with Crippen molar-refractivity contribution < 1.29 is 13.2 Å². The number of hydrogen-bond acceptors (Lipinski definition) is 6. The molecule has 24 heavy (non-hydrogen) atoms. The van der Waals surface area contributed by atoms with E-state index >= 15 is 0 Å². The van der Waals surface area contributed by atoms with Crippen LogP contribution >= 0.6 is 11.3 Å². The smallest absolute Gasteiger partial charge is 0.361 e. The molecule has 0 atom stereocenters. The first-order valence-electron chi connectivity index (χ1n) is 7.25.